The van der Waals surface area contributed by atoms with Crippen LogP contribution in [-0.4, -0.2) is 53.6 Å². The van der Waals surface area contributed by atoms with Gasteiger partial charge in [0.15, 0.2) is 0 Å². The largest absolute Gasteiger partial charge is 0.481 e. The van der Waals surface area contributed by atoms with Crippen LogP contribution in [0.3, 0.4) is 0 Å². The first-order valence-corrected chi connectivity index (χ1v) is 10.2. The van der Waals surface area contributed by atoms with E-state index in [0.29, 0.717) is 31.9 Å². The summed E-state index contributed by atoms with van der Waals surface area (Å²) in [6.07, 6.45) is 5.47. The topological polar surface area (TPSA) is 102 Å². The zero-order valence-corrected chi connectivity index (χ0v) is 15.4. The van der Waals surface area contributed by atoms with Crippen LogP contribution in [0.4, 0.5) is 5.82 Å². The Labute approximate surface area is 152 Å². The number of sulfonamides is 1. The Bertz CT molecular complexity index is 880. The molecule has 0 spiro atoms. The standard InChI is InChI=1S/C16H22N6O3S/c1-25-16-8-15(17-11-18-16)21-9-12-4-6-19-22(12)13(10-21)5-7-20-26(23,24)14-2-3-14/h4,6,8,11,13-14,20H,2-3,5,7,9-10H2,1H3/t13-/m0/s1. The van der Waals surface area contributed by atoms with E-state index < -0.39 is 10.0 Å². The maximum absolute atomic E-state index is 12.0. The summed E-state index contributed by atoms with van der Waals surface area (Å²) in [5, 5.41) is 4.22. The molecule has 0 saturated heterocycles. The molecule has 1 aliphatic heterocycles. The van der Waals surface area contributed by atoms with Crippen molar-refractivity contribution in [1.29, 1.82) is 0 Å². The van der Waals surface area contributed by atoms with Crippen molar-refractivity contribution < 1.29 is 13.2 Å². The van der Waals surface area contributed by atoms with E-state index in [2.05, 4.69) is 24.7 Å². The number of anilines is 1. The molecule has 0 radical (unpaired) electrons. The highest BCUT2D eigenvalue weighted by Crippen LogP contribution is 2.29. The lowest BCUT2D eigenvalue weighted by molar-refractivity contribution is 0.373. The molecule has 0 amide bonds. The van der Waals surface area contributed by atoms with Gasteiger partial charge >= 0.3 is 0 Å². The predicted octanol–water partition coefficient (Wildman–Crippen LogP) is 0.715. The van der Waals surface area contributed by atoms with Crippen molar-refractivity contribution in [2.75, 3.05) is 25.1 Å². The molecule has 2 aromatic heterocycles. The molecule has 0 unspecified atom stereocenters. The Kier molecular flexibility index (Phi) is 4.53. The number of fused-ring (bicyclic) bond motifs is 1. The van der Waals surface area contributed by atoms with E-state index in [0.717, 1.165) is 24.4 Å². The third-order valence-corrected chi connectivity index (χ3v) is 6.74. The lowest BCUT2D eigenvalue weighted by Crippen LogP contribution is -2.40. The summed E-state index contributed by atoms with van der Waals surface area (Å²) >= 11 is 0. The summed E-state index contributed by atoms with van der Waals surface area (Å²) in [4.78, 5) is 10.5. The molecule has 26 heavy (non-hydrogen) atoms. The molecular formula is C16H22N6O3S. The smallest absolute Gasteiger partial charge is 0.218 e. The third-order valence-electron chi connectivity index (χ3n) is 4.79. The molecule has 140 valence electrons. The summed E-state index contributed by atoms with van der Waals surface area (Å²) in [7, 11) is -1.58. The molecule has 2 aromatic rings. The van der Waals surface area contributed by atoms with Gasteiger partial charge in [0, 0.05) is 25.4 Å². The van der Waals surface area contributed by atoms with E-state index in [1.807, 2.05) is 10.7 Å². The second kappa shape index (κ2) is 6.84. The van der Waals surface area contributed by atoms with Crippen LogP contribution in [-0.2, 0) is 16.6 Å². The Balaban J connectivity index is 1.47. The van der Waals surface area contributed by atoms with Crippen LogP contribution < -0.4 is 14.4 Å². The maximum Gasteiger partial charge on any atom is 0.218 e. The second-order valence-electron chi connectivity index (χ2n) is 6.65. The zero-order chi connectivity index (χ0) is 18.1. The molecule has 2 aliphatic rings. The number of methoxy groups -OCH3 is 1. The van der Waals surface area contributed by atoms with E-state index >= 15 is 0 Å². The van der Waals surface area contributed by atoms with Crippen molar-refractivity contribution in [3.63, 3.8) is 0 Å². The van der Waals surface area contributed by atoms with E-state index in [1.54, 1.807) is 19.4 Å². The fourth-order valence-electron chi connectivity index (χ4n) is 3.25. The Morgan fingerprint density at radius 3 is 2.96 bits per heavy atom. The lowest BCUT2D eigenvalue weighted by Gasteiger charge is -2.34. The molecule has 0 aromatic carbocycles. The number of nitrogens with zero attached hydrogens (tertiary/aromatic N) is 5. The summed E-state index contributed by atoms with van der Waals surface area (Å²) in [5.41, 5.74) is 1.07. The van der Waals surface area contributed by atoms with E-state index in [1.165, 1.54) is 6.33 Å². The summed E-state index contributed by atoms with van der Waals surface area (Å²) in [6, 6.07) is 3.85. The van der Waals surface area contributed by atoms with Crippen LogP contribution in [0.2, 0.25) is 0 Å². The van der Waals surface area contributed by atoms with Crippen LogP contribution in [0.25, 0.3) is 0 Å². The van der Waals surface area contributed by atoms with Gasteiger partial charge in [-0.25, -0.2) is 23.1 Å². The molecule has 1 N–H and O–H groups in total. The van der Waals surface area contributed by atoms with Crippen molar-refractivity contribution in [2.24, 2.45) is 0 Å². The third kappa shape index (κ3) is 3.51. The van der Waals surface area contributed by atoms with E-state index in [-0.39, 0.29) is 11.3 Å². The highest BCUT2D eigenvalue weighted by molar-refractivity contribution is 7.90. The van der Waals surface area contributed by atoms with Crippen molar-refractivity contribution in [3.8, 4) is 5.88 Å². The quantitative estimate of drug-likeness (QED) is 0.757. The van der Waals surface area contributed by atoms with Gasteiger partial charge in [0.2, 0.25) is 15.9 Å². The SMILES string of the molecule is COc1cc(N2Cc3ccnn3[C@@H](CCNS(=O)(=O)C3CC3)C2)ncn1. The van der Waals surface area contributed by atoms with Gasteiger partial charge in [-0.15, -0.1) is 0 Å². The molecule has 10 heteroatoms. The van der Waals surface area contributed by atoms with Gasteiger partial charge < -0.3 is 9.64 Å². The van der Waals surface area contributed by atoms with Crippen molar-refractivity contribution >= 4 is 15.8 Å². The number of hydrogen-bond donors (Lipinski definition) is 1. The Morgan fingerprint density at radius 1 is 1.35 bits per heavy atom. The number of hydrogen-bond acceptors (Lipinski definition) is 7. The van der Waals surface area contributed by atoms with Crippen LogP contribution in [0.15, 0.2) is 24.7 Å². The zero-order valence-electron chi connectivity index (χ0n) is 14.6. The second-order valence-corrected chi connectivity index (χ2v) is 8.69. The van der Waals surface area contributed by atoms with E-state index in [9.17, 15) is 8.42 Å². The predicted molar refractivity (Wildman–Crippen MR) is 95.5 cm³/mol. The molecule has 1 fully saturated rings. The van der Waals surface area contributed by atoms with Crippen LogP contribution in [0, 0.1) is 0 Å². The number of aromatic nitrogens is 4. The molecule has 1 aliphatic carbocycles. The Morgan fingerprint density at radius 2 is 2.19 bits per heavy atom. The summed E-state index contributed by atoms with van der Waals surface area (Å²) in [5.74, 6) is 1.30. The summed E-state index contributed by atoms with van der Waals surface area (Å²) < 4.78 is 33.9. The highest BCUT2D eigenvalue weighted by Gasteiger charge is 2.35. The molecular weight excluding hydrogens is 356 g/mol. The number of rotatable bonds is 7. The van der Waals surface area contributed by atoms with Gasteiger partial charge in [0.25, 0.3) is 0 Å². The lowest BCUT2D eigenvalue weighted by atomic mass is 10.1. The average molecular weight is 378 g/mol. The van der Waals surface area contributed by atoms with Gasteiger partial charge in [-0.1, -0.05) is 0 Å². The minimum atomic E-state index is -3.16. The van der Waals surface area contributed by atoms with E-state index in [4.69, 9.17) is 4.74 Å². The Hall–Kier alpha value is -2.20. The van der Waals surface area contributed by atoms with Crippen LogP contribution >= 0.6 is 0 Å². The number of nitrogens with one attached hydrogen (secondary N) is 1. The first-order chi connectivity index (χ1) is 12.6. The maximum atomic E-state index is 12.0. The first-order valence-electron chi connectivity index (χ1n) is 8.68. The van der Waals surface area contributed by atoms with Crippen molar-refractivity contribution in [2.45, 2.75) is 37.1 Å². The van der Waals surface area contributed by atoms with Gasteiger partial charge in [-0.3, -0.25) is 4.68 Å². The number of ether oxygens (including phenoxy) is 1. The highest BCUT2D eigenvalue weighted by atomic mass is 32.2. The minimum Gasteiger partial charge on any atom is -0.481 e. The molecule has 1 atom stereocenters. The first kappa shape index (κ1) is 17.2. The van der Waals surface area contributed by atoms with Crippen LogP contribution in [0.1, 0.15) is 31.0 Å². The average Bonchev–Trinajstić information content (AvgIpc) is 3.40. The van der Waals surface area contributed by atoms with Crippen molar-refractivity contribution in [1.82, 2.24) is 24.5 Å². The van der Waals surface area contributed by atoms with Gasteiger partial charge in [-0.2, -0.15) is 5.10 Å². The fraction of sp³-hybridized carbons (Fsp3) is 0.562. The molecule has 1 saturated carbocycles. The van der Waals surface area contributed by atoms with Crippen LogP contribution in [0.5, 0.6) is 5.88 Å². The van der Waals surface area contributed by atoms with Crippen molar-refractivity contribution in [3.05, 3.63) is 30.4 Å². The summed E-state index contributed by atoms with van der Waals surface area (Å²) in [6.45, 7) is 1.79. The molecule has 9 nitrogen and oxygen atoms in total. The van der Waals surface area contributed by atoms with Gasteiger partial charge in [-0.05, 0) is 25.3 Å². The minimum absolute atomic E-state index is 0.0663. The normalized spacial score (nSPS) is 20.0. The fourth-order valence-corrected chi connectivity index (χ4v) is 4.65. The van der Waals surface area contributed by atoms with Gasteiger partial charge in [0.1, 0.15) is 12.1 Å². The monoisotopic (exact) mass is 378 g/mol. The molecule has 0 bridgehead atoms. The molecule has 4 rings (SSSR count). The molecule has 3 heterocycles. The van der Waals surface area contributed by atoms with Gasteiger partial charge in [0.05, 0.1) is 30.6 Å².